The van der Waals surface area contributed by atoms with Crippen molar-refractivity contribution >= 4 is 23.0 Å². The molecule has 2 aliphatic rings. The van der Waals surface area contributed by atoms with E-state index in [0.717, 1.165) is 43.0 Å². The fraction of sp³-hybridized carbons (Fsp3) is 0.345. The van der Waals surface area contributed by atoms with Crippen LogP contribution in [0.5, 0.6) is 11.8 Å². The second kappa shape index (κ2) is 10.8. The number of ether oxygens (including phenoxy) is 2. The minimum absolute atomic E-state index is 0.0461. The lowest BCUT2D eigenvalue weighted by Crippen LogP contribution is -2.62. The highest BCUT2D eigenvalue weighted by Gasteiger charge is 2.49. The number of hydrogen-bond donors (Lipinski definition) is 1. The van der Waals surface area contributed by atoms with Crippen LogP contribution in [0, 0.1) is 0 Å². The molecule has 6 rings (SSSR count). The van der Waals surface area contributed by atoms with Gasteiger partial charge in [0.05, 0.1) is 43.7 Å². The van der Waals surface area contributed by atoms with Gasteiger partial charge in [-0.1, -0.05) is 36.4 Å². The summed E-state index contributed by atoms with van der Waals surface area (Å²) >= 11 is 1.60. The van der Waals surface area contributed by atoms with Crippen LogP contribution in [0.15, 0.2) is 65.5 Å². The second-order valence-electron chi connectivity index (χ2n) is 10.00. The molecule has 0 radical (unpaired) electrons. The molecule has 202 valence electrons. The van der Waals surface area contributed by atoms with Crippen molar-refractivity contribution in [3.8, 4) is 23.0 Å². The van der Waals surface area contributed by atoms with Crippen molar-refractivity contribution in [2.75, 3.05) is 57.2 Å². The van der Waals surface area contributed by atoms with E-state index in [0.29, 0.717) is 17.7 Å². The first-order valence-corrected chi connectivity index (χ1v) is 14.0. The average Bonchev–Trinajstić information content (AvgIpc) is 3.52. The molecule has 0 bridgehead atoms. The van der Waals surface area contributed by atoms with E-state index in [-0.39, 0.29) is 18.1 Å². The first kappa shape index (κ1) is 25.5. The van der Waals surface area contributed by atoms with Crippen LogP contribution in [0.3, 0.4) is 0 Å². The highest BCUT2D eigenvalue weighted by atomic mass is 32.1. The minimum Gasteiger partial charge on any atom is -0.481 e. The maximum absolute atomic E-state index is 6.88. The Morgan fingerprint density at radius 1 is 0.872 bits per heavy atom. The molecule has 2 N–H and O–H groups in total. The third-order valence-corrected chi connectivity index (χ3v) is 8.36. The molecule has 2 aromatic carbocycles. The largest absolute Gasteiger partial charge is 0.481 e. The van der Waals surface area contributed by atoms with Crippen LogP contribution in [0.2, 0.25) is 0 Å². The highest BCUT2D eigenvalue weighted by Crippen LogP contribution is 2.50. The number of benzene rings is 2. The zero-order valence-corrected chi connectivity index (χ0v) is 23.2. The lowest BCUT2D eigenvalue weighted by atomic mass is 9.76. The molecule has 0 aliphatic carbocycles. The van der Waals surface area contributed by atoms with Crippen LogP contribution in [-0.2, 0) is 0 Å². The Labute approximate surface area is 232 Å². The zero-order chi connectivity index (χ0) is 26.9. The van der Waals surface area contributed by atoms with Crippen molar-refractivity contribution in [1.82, 2.24) is 19.9 Å². The van der Waals surface area contributed by atoms with Gasteiger partial charge in [-0.25, -0.2) is 4.98 Å². The van der Waals surface area contributed by atoms with Gasteiger partial charge < -0.3 is 29.9 Å². The summed E-state index contributed by atoms with van der Waals surface area (Å²) in [6, 6.07) is 19.1. The summed E-state index contributed by atoms with van der Waals surface area (Å²) in [5.74, 6) is 1.40. The van der Waals surface area contributed by atoms with E-state index in [1.807, 2.05) is 5.51 Å². The number of hydrogen-bond acceptors (Lipinski definition) is 10. The van der Waals surface area contributed by atoms with Crippen molar-refractivity contribution < 1.29 is 9.47 Å². The molecule has 3 unspecified atom stereocenters. The fourth-order valence-electron chi connectivity index (χ4n) is 5.52. The maximum Gasteiger partial charge on any atom is 0.233 e. The Bertz CT molecular complexity index is 1370. The summed E-state index contributed by atoms with van der Waals surface area (Å²) in [6.45, 7) is 4.20. The molecule has 39 heavy (non-hydrogen) atoms. The van der Waals surface area contributed by atoms with Gasteiger partial charge in [0.25, 0.3) is 0 Å². The minimum atomic E-state index is -0.325. The normalized spacial score (nSPS) is 21.5. The monoisotopic (exact) mass is 543 g/mol. The molecular formula is C29H33N7O2S. The Morgan fingerprint density at radius 3 is 2.10 bits per heavy atom. The third-order valence-electron chi connectivity index (χ3n) is 7.77. The zero-order valence-electron chi connectivity index (χ0n) is 22.4. The third kappa shape index (κ3) is 4.91. The molecule has 2 aliphatic heterocycles. The highest BCUT2D eigenvalue weighted by molar-refractivity contribution is 7.07. The summed E-state index contributed by atoms with van der Waals surface area (Å²) < 4.78 is 10.9. The molecule has 2 aromatic heterocycles. The first-order chi connectivity index (χ1) is 19.1. The standard InChI is InChI=1S/C29H33N7O2S/c1-34-12-14-35(15-13-34)22-10-8-21(9-11-22)27-26(20-6-4-19(5-7-20)23-17-39-18-31-23)28(30)36(27)29-32-24(37-2)16-25(33-29)38-3/h4-11,16-18,26-28H,12-15,30H2,1-3H3. The van der Waals surface area contributed by atoms with Gasteiger partial charge in [-0.2, -0.15) is 9.97 Å². The van der Waals surface area contributed by atoms with Gasteiger partial charge in [-0.3, -0.25) is 0 Å². The molecule has 0 amide bonds. The Morgan fingerprint density at radius 2 is 1.51 bits per heavy atom. The van der Waals surface area contributed by atoms with Crippen molar-refractivity contribution in [3.63, 3.8) is 0 Å². The summed E-state index contributed by atoms with van der Waals surface area (Å²) in [5, 5.41) is 2.06. The molecule has 10 heteroatoms. The van der Waals surface area contributed by atoms with Crippen molar-refractivity contribution in [1.29, 1.82) is 0 Å². The fourth-order valence-corrected chi connectivity index (χ4v) is 6.08. The van der Waals surface area contributed by atoms with Gasteiger partial charge in [-0.05, 0) is 30.3 Å². The van der Waals surface area contributed by atoms with E-state index in [9.17, 15) is 0 Å². The van der Waals surface area contributed by atoms with E-state index in [4.69, 9.17) is 15.2 Å². The quantitative estimate of drug-likeness (QED) is 0.371. The molecule has 0 saturated carbocycles. The number of anilines is 2. The van der Waals surface area contributed by atoms with Crippen LogP contribution < -0.4 is 25.0 Å². The lowest BCUT2D eigenvalue weighted by molar-refractivity contribution is 0.279. The molecule has 4 heterocycles. The number of nitrogens with zero attached hydrogens (tertiary/aromatic N) is 6. The molecule has 2 saturated heterocycles. The van der Waals surface area contributed by atoms with Gasteiger partial charge >= 0.3 is 0 Å². The lowest BCUT2D eigenvalue weighted by Gasteiger charge is -2.54. The van der Waals surface area contributed by atoms with E-state index >= 15 is 0 Å². The Balaban J connectivity index is 1.34. The number of rotatable bonds is 7. The van der Waals surface area contributed by atoms with Crippen molar-refractivity contribution in [3.05, 3.63) is 76.6 Å². The Hall–Kier alpha value is -3.73. The van der Waals surface area contributed by atoms with Crippen LogP contribution in [0.1, 0.15) is 23.1 Å². The molecule has 9 nitrogen and oxygen atoms in total. The smallest absolute Gasteiger partial charge is 0.233 e. The number of thiazole rings is 1. The van der Waals surface area contributed by atoms with Gasteiger partial charge in [-0.15, -0.1) is 11.3 Å². The Kier molecular flexibility index (Phi) is 7.07. The van der Waals surface area contributed by atoms with Crippen molar-refractivity contribution in [2.45, 2.75) is 18.1 Å². The van der Waals surface area contributed by atoms with E-state index in [1.54, 1.807) is 31.6 Å². The average molecular weight is 544 g/mol. The van der Waals surface area contributed by atoms with E-state index in [1.165, 1.54) is 11.3 Å². The molecule has 3 atom stereocenters. The van der Waals surface area contributed by atoms with E-state index < -0.39 is 0 Å². The van der Waals surface area contributed by atoms with Crippen LogP contribution in [0.4, 0.5) is 11.6 Å². The number of piperazine rings is 1. The second-order valence-corrected chi connectivity index (χ2v) is 10.7. The molecule has 4 aromatic rings. The summed E-state index contributed by atoms with van der Waals surface area (Å²) in [7, 11) is 5.35. The summed E-state index contributed by atoms with van der Waals surface area (Å²) in [5.41, 5.74) is 14.4. The number of aromatic nitrogens is 3. The predicted molar refractivity (Wildman–Crippen MR) is 155 cm³/mol. The molecular weight excluding hydrogens is 510 g/mol. The number of nitrogens with two attached hydrogens (primary N) is 1. The van der Waals surface area contributed by atoms with Gasteiger partial charge in [0.2, 0.25) is 17.7 Å². The van der Waals surface area contributed by atoms with Gasteiger partial charge in [0.1, 0.15) is 0 Å². The first-order valence-electron chi connectivity index (χ1n) is 13.1. The number of likely N-dealkylation sites (N-methyl/N-ethyl adjacent to an activating group) is 1. The van der Waals surface area contributed by atoms with Gasteiger partial charge in [0, 0.05) is 48.7 Å². The van der Waals surface area contributed by atoms with Gasteiger partial charge in [0.15, 0.2) is 0 Å². The summed E-state index contributed by atoms with van der Waals surface area (Å²) in [6.07, 6.45) is -0.325. The topological polar surface area (TPSA) is 92.9 Å². The van der Waals surface area contributed by atoms with E-state index in [2.05, 4.69) is 90.6 Å². The van der Waals surface area contributed by atoms with Crippen LogP contribution in [0.25, 0.3) is 11.3 Å². The SMILES string of the molecule is COc1cc(OC)nc(N2C(N)C(c3ccc(-c4cscn4)cc3)C2c2ccc(N3CCN(C)CC3)cc2)n1. The summed E-state index contributed by atoms with van der Waals surface area (Å²) in [4.78, 5) is 20.6. The van der Waals surface area contributed by atoms with Crippen molar-refractivity contribution in [2.24, 2.45) is 5.73 Å². The molecule has 0 spiro atoms. The van der Waals surface area contributed by atoms with Crippen LogP contribution >= 0.6 is 11.3 Å². The maximum atomic E-state index is 6.88. The number of methoxy groups -OCH3 is 2. The molecule has 2 fully saturated rings. The predicted octanol–water partition coefficient (Wildman–Crippen LogP) is 4.00. The van der Waals surface area contributed by atoms with Crippen LogP contribution in [-0.4, -0.2) is 73.5 Å².